The fraction of sp³-hybridized carbons (Fsp3) is 0.125. The first-order valence-corrected chi connectivity index (χ1v) is 3.59. The molecule has 0 aromatic heterocycles. The van der Waals surface area contributed by atoms with Crippen LogP contribution in [0, 0.1) is 10.8 Å². The Kier molecular flexibility index (Phi) is 1.24. The number of carbonyl (C=O) groups is 1. The van der Waals surface area contributed by atoms with Crippen LogP contribution in [0.25, 0.3) is 0 Å². The van der Waals surface area contributed by atoms with Crippen LogP contribution in [0.3, 0.4) is 0 Å². The number of hydrogen-bond donors (Lipinski definition) is 3. The van der Waals surface area contributed by atoms with Gasteiger partial charge in [-0.3, -0.25) is 10.2 Å². The molecule has 2 aliphatic rings. The van der Waals surface area contributed by atoms with E-state index in [2.05, 4.69) is 5.32 Å². The van der Waals surface area contributed by atoms with Crippen LogP contribution in [0.4, 0.5) is 0 Å². The molecule has 0 spiro atoms. The van der Waals surface area contributed by atoms with Crippen molar-refractivity contribution in [2.24, 2.45) is 0 Å². The maximum absolute atomic E-state index is 11.1. The highest BCUT2D eigenvalue weighted by Crippen LogP contribution is 2.20. The van der Waals surface area contributed by atoms with Crippen LogP contribution in [0.2, 0.25) is 0 Å². The first kappa shape index (κ1) is 6.97. The average molecular weight is 161 g/mol. The summed E-state index contributed by atoms with van der Waals surface area (Å²) in [6, 6.07) is 0. The Balaban J connectivity index is 2.59. The van der Waals surface area contributed by atoms with Crippen molar-refractivity contribution >= 4 is 17.5 Å². The van der Waals surface area contributed by atoms with Gasteiger partial charge in [-0.15, -0.1) is 0 Å². The fourth-order valence-corrected chi connectivity index (χ4v) is 1.36. The summed E-state index contributed by atoms with van der Waals surface area (Å²) in [4.78, 5) is 11.1. The molecule has 0 radical (unpaired) electrons. The lowest BCUT2D eigenvalue weighted by molar-refractivity contribution is -0.115. The molecule has 3 N–H and O–H groups in total. The van der Waals surface area contributed by atoms with Crippen molar-refractivity contribution in [1.29, 1.82) is 10.8 Å². The summed E-state index contributed by atoms with van der Waals surface area (Å²) in [5, 5.41) is 17.2. The second kappa shape index (κ2) is 2.14. The van der Waals surface area contributed by atoms with Crippen LogP contribution < -0.4 is 5.32 Å². The van der Waals surface area contributed by atoms with Gasteiger partial charge in [-0.1, -0.05) is 12.2 Å². The van der Waals surface area contributed by atoms with Gasteiger partial charge < -0.3 is 10.7 Å². The van der Waals surface area contributed by atoms with Crippen LogP contribution in [-0.4, -0.2) is 17.5 Å². The lowest BCUT2D eigenvalue weighted by Gasteiger charge is -2.06. The Labute approximate surface area is 69.0 Å². The van der Waals surface area contributed by atoms with Crippen molar-refractivity contribution in [1.82, 2.24) is 5.32 Å². The van der Waals surface area contributed by atoms with E-state index in [4.69, 9.17) is 10.8 Å². The largest absolute Gasteiger partial charge is 0.306 e. The number of amidine groups is 1. The van der Waals surface area contributed by atoms with Crippen molar-refractivity contribution in [2.75, 3.05) is 0 Å². The van der Waals surface area contributed by atoms with Gasteiger partial charge in [-0.2, -0.15) is 0 Å². The van der Waals surface area contributed by atoms with Gasteiger partial charge in [-0.05, 0) is 0 Å². The molecular weight excluding hydrogens is 154 g/mol. The molecule has 60 valence electrons. The minimum Gasteiger partial charge on any atom is -0.306 e. The van der Waals surface area contributed by atoms with Crippen LogP contribution in [0.15, 0.2) is 23.3 Å². The third-order valence-corrected chi connectivity index (χ3v) is 1.91. The van der Waals surface area contributed by atoms with E-state index in [-0.39, 0.29) is 11.7 Å². The minimum atomic E-state index is -0.268. The molecule has 0 bridgehead atoms. The summed E-state index contributed by atoms with van der Waals surface area (Å²) in [6.45, 7) is 0. The lowest BCUT2D eigenvalue weighted by atomic mass is 9.97. The molecule has 0 saturated carbocycles. The van der Waals surface area contributed by atoms with E-state index in [1.54, 1.807) is 12.2 Å². The molecule has 0 unspecified atom stereocenters. The molecule has 1 amide bonds. The first-order valence-electron chi connectivity index (χ1n) is 3.59. The smallest absolute Gasteiger partial charge is 0.257 e. The highest BCUT2D eigenvalue weighted by atomic mass is 16.2. The molecule has 0 aromatic carbocycles. The van der Waals surface area contributed by atoms with Gasteiger partial charge in [0.15, 0.2) is 0 Å². The average Bonchev–Trinajstić information content (AvgIpc) is 2.29. The summed E-state index contributed by atoms with van der Waals surface area (Å²) in [6.07, 6.45) is 3.94. The molecule has 1 aliphatic carbocycles. The number of allylic oxidation sites excluding steroid dienone is 1. The maximum Gasteiger partial charge on any atom is 0.257 e. The van der Waals surface area contributed by atoms with Crippen LogP contribution in [0.5, 0.6) is 0 Å². The van der Waals surface area contributed by atoms with Crippen molar-refractivity contribution < 1.29 is 4.79 Å². The SMILES string of the molecule is N=C1CC=CC2=C1C(=N)NC2=O. The zero-order valence-electron chi connectivity index (χ0n) is 6.27. The molecule has 1 aliphatic heterocycles. The summed E-state index contributed by atoms with van der Waals surface area (Å²) in [7, 11) is 0. The minimum absolute atomic E-state index is 0.0596. The zero-order chi connectivity index (χ0) is 8.72. The van der Waals surface area contributed by atoms with Crippen LogP contribution in [0.1, 0.15) is 6.42 Å². The van der Waals surface area contributed by atoms with E-state index in [0.717, 1.165) is 0 Å². The number of hydrogen-bond acceptors (Lipinski definition) is 3. The Morgan fingerprint density at radius 3 is 2.83 bits per heavy atom. The quantitative estimate of drug-likeness (QED) is 0.471. The number of amides is 1. The van der Waals surface area contributed by atoms with Crippen molar-refractivity contribution in [3.05, 3.63) is 23.3 Å². The van der Waals surface area contributed by atoms with Gasteiger partial charge in [0.25, 0.3) is 5.91 Å². The van der Waals surface area contributed by atoms with E-state index >= 15 is 0 Å². The second-order valence-electron chi connectivity index (χ2n) is 2.70. The van der Waals surface area contributed by atoms with E-state index < -0.39 is 0 Å². The van der Waals surface area contributed by atoms with Gasteiger partial charge in [0, 0.05) is 12.1 Å². The van der Waals surface area contributed by atoms with Crippen molar-refractivity contribution in [3.8, 4) is 0 Å². The normalized spacial score (nSPS) is 21.5. The predicted molar refractivity (Wildman–Crippen MR) is 44.4 cm³/mol. The number of rotatable bonds is 0. The van der Waals surface area contributed by atoms with Crippen molar-refractivity contribution in [3.63, 3.8) is 0 Å². The Morgan fingerprint density at radius 1 is 1.42 bits per heavy atom. The molecule has 0 saturated heterocycles. The highest BCUT2D eigenvalue weighted by Gasteiger charge is 2.29. The third-order valence-electron chi connectivity index (χ3n) is 1.91. The van der Waals surface area contributed by atoms with Gasteiger partial charge in [-0.25, -0.2) is 0 Å². The molecular formula is C8H7N3O. The molecule has 0 atom stereocenters. The summed E-state index contributed by atoms with van der Waals surface area (Å²) >= 11 is 0. The van der Waals surface area contributed by atoms with Crippen LogP contribution >= 0.6 is 0 Å². The molecule has 2 rings (SSSR count). The Morgan fingerprint density at radius 2 is 2.17 bits per heavy atom. The van der Waals surface area contributed by atoms with Crippen molar-refractivity contribution in [2.45, 2.75) is 6.42 Å². The van der Waals surface area contributed by atoms with Gasteiger partial charge in [0.1, 0.15) is 5.84 Å². The predicted octanol–water partition coefficient (Wildman–Crippen LogP) is 0.370. The standard InChI is InChI=1S/C8H7N3O/c9-5-3-1-2-4-6(5)7(10)11-8(4)12/h1-2,9H,3H2,(H2,10,11,12). The fourth-order valence-electron chi connectivity index (χ4n) is 1.36. The number of nitrogens with one attached hydrogen (secondary N) is 3. The lowest BCUT2D eigenvalue weighted by Crippen LogP contribution is -2.23. The molecule has 0 aromatic rings. The molecule has 12 heavy (non-hydrogen) atoms. The van der Waals surface area contributed by atoms with Gasteiger partial charge in [0.05, 0.1) is 11.1 Å². The molecule has 1 heterocycles. The van der Waals surface area contributed by atoms with Gasteiger partial charge >= 0.3 is 0 Å². The molecule has 4 heteroatoms. The van der Waals surface area contributed by atoms with E-state index in [1.165, 1.54) is 0 Å². The summed E-state index contributed by atoms with van der Waals surface area (Å²) in [5.74, 6) is -0.208. The zero-order valence-corrected chi connectivity index (χ0v) is 6.27. The monoisotopic (exact) mass is 161 g/mol. The topological polar surface area (TPSA) is 76.8 Å². The molecule has 4 nitrogen and oxygen atoms in total. The summed E-state index contributed by atoms with van der Waals surface area (Å²) < 4.78 is 0. The van der Waals surface area contributed by atoms with E-state index in [9.17, 15) is 4.79 Å². The Hall–Kier alpha value is -1.71. The number of carbonyl (C=O) groups excluding carboxylic acids is 1. The second-order valence-corrected chi connectivity index (χ2v) is 2.70. The van der Waals surface area contributed by atoms with Gasteiger partial charge in [0.2, 0.25) is 0 Å². The third kappa shape index (κ3) is 0.747. The Bertz CT molecular complexity index is 352. The van der Waals surface area contributed by atoms with Crippen LogP contribution in [-0.2, 0) is 4.79 Å². The van der Waals surface area contributed by atoms with E-state index in [1.807, 2.05) is 0 Å². The summed E-state index contributed by atoms with van der Waals surface area (Å²) in [5.41, 5.74) is 1.26. The van der Waals surface area contributed by atoms with E-state index in [0.29, 0.717) is 23.3 Å². The maximum atomic E-state index is 11.1. The molecule has 0 fully saturated rings. The first-order chi connectivity index (χ1) is 5.70. The highest BCUT2D eigenvalue weighted by molar-refractivity contribution is 6.35.